The number of hydrogen-bond donors (Lipinski definition) is 2. The largest absolute Gasteiger partial charge is 0.497 e. The second-order valence-electron chi connectivity index (χ2n) is 8.37. The number of methoxy groups -OCH3 is 2. The number of ether oxygens (including phenoxy) is 2. The summed E-state index contributed by atoms with van der Waals surface area (Å²) in [7, 11) is 3.03. The van der Waals surface area contributed by atoms with E-state index >= 15 is 0 Å². The lowest BCUT2D eigenvalue weighted by molar-refractivity contribution is -0.119. The molecule has 9 heteroatoms. The summed E-state index contributed by atoms with van der Waals surface area (Å²) in [5.74, 6) is -0.875. The molecule has 0 saturated carbocycles. The Balaban J connectivity index is 1.91. The Morgan fingerprint density at radius 1 is 1.16 bits per heavy atom. The van der Waals surface area contributed by atoms with Gasteiger partial charge in [-0.25, -0.2) is 0 Å². The first-order valence-corrected chi connectivity index (χ1v) is 10.7. The van der Waals surface area contributed by atoms with Crippen LogP contribution in [0.4, 0.5) is 11.8 Å². The van der Waals surface area contributed by atoms with Crippen molar-refractivity contribution in [3.05, 3.63) is 39.7 Å². The average molecular weight is 438 g/mol. The predicted octanol–water partition coefficient (Wildman–Crippen LogP) is 2.78. The van der Waals surface area contributed by atoms with Crippen LogP contribution in [0.2, 0.25) is 0 Å². The lowest BCUT2D eigenvalue weighted by atomic mass is 9.78. The first-order chi connectivity index (χ1) is 15.4. The number of benzene rings is 1. The molecule has 2 aromatic rings. The van der Waals surface area contributed by atoms with Gasteiger partial charge in [-0.3, -0.25) is 14.6 Å². The third-order valence-electron chi connectivity index (χ3n) is 6.46. The Morgan fingerprint density at radius 3 is 2.50 bits per heavy atom. The molecule has 3 heterocycles. The summed E-state index contributed by atoms with van der Waals surface area (Å²) < 4.78 is 10.8. The van der Waals surface area contributed by atoms with Crippen LogP contribution >= 0.6 is 0 Å². The maximum Gasteiger partial charge on any atom is 0.258 e. The fraction of sp³-hybridized carbons (Fsp3) is 0.478. The van der Waals surface area contributed by atoms with E-state index in [1.165, 1.54) is 14.2 Å². The number of amides is 1. The molecule has 1 fully saturated rings. The molecule has 1 amide bonds. The zero-order chi connectivity index (χ0) is 23.0. The number of rotatable bonds is 4. The molecule has 2 aliphatic rings. The predicted molar refractivity (Wildman–Crippen MR) is 119 cm³/mol. The van der Waals surface area contributed by atoms with E-state index in [-0.39, 0.29) is 29.0 Å². The van der Waals surface area contributed by atoms with Crippen LogP contribution in [0.3, 0.4) is 0 Å². The van der Waals surface area contributed by atoms with Crippen molar-refractivity contribution in [1.29, 1.82) is 5.26 Å². The van der Waals surface area contributed by atoms with E-state index in [0.29, 0.717) is 23.0 Å². The number of nitrogens with one attached hydrogen (secondary N) is 2. The number of piperidine rings is 1. The highest BCUT2D eigenvalue weighted by Gasteiger charge is 2.42. The van der Waals surface area contributed by atoms with Crippen LogP contribution in [-0.4, -0.2) is 42.2 Å². The maximum atomic E-state index is 13.4. The van der Waals surface area contributed by atoms with Gasteiger partial charge in [-0.1, -0.05) is 0 Å². The van der Waals surface area contributed by atoms with Gasteiger partial charge >= 0.3 is 0 Å². The third kappa shape index (κ3) is 3.55. The van der Waals surface area contributed by atoms with Crippen molar-refractivity contribution in [3.8, 4) is 17.6 Å². The smallest absolute Gasteiger partial charge is 0.258 e. The number of aromatic amines is 1. The zero-order valence-electron chi connectivity index (χ0n) is 18.6. The fourth-order valence-electron chi connectivity index (χ4n) is 4.88. The van der Waals surface area contributed by atoms with Crippen LogP contribution in [-0.2, 0) is 4.79 Å². The lowest BCUT2D eigenvalue weighted by Gasteiger charge is -2.40. The average Bonchev–Trinajstić information content (AvgIpc) is 2.77. The van der Waals surface area contributed by atoms with E-state index in [1.807, 2.05) is 0 Å². The highest BCUT2D eigenvalue weighted by atomic mass is 16.5. The number of fused-ring (bicyclic) bond motifs is 1. The van der Waals surface area contributed by atoms with Gasteiger partial charge in [0, 0.05) is 23.6 Å². The van der Waals surface area contributed by atoms with Gasteiger partial charge in [0.15, 0.2) is 0 Å². The van der Waals surface area contributed by atoms with Crippen LogP contribution in [0.5, 0.6) is 11.5 Å². The van der Waals surface area contributed by atoms with Crippen molar-refractivity contribution < 1.29 is 14.3 Å². The Labute approximate surface area is 186 Å². The molecule has 4 unspecified atom stereocenters. The molecule has 32 heavy (non-hydrogen) atoms. The minimum Gasteiger partial charge on any atom is -0.497 e. The summed E-state index contributed by atoms with van der Waals surface area (Å²) in [5.41, 5.74) is 0.378. The Morgan fingerprint density at radius 2 is 1.88 bits per heavy atom. The van der Waals surface area contributed by atoms with Crippen molar-refractivity contribution in [2.45, 2.75) is 51.1 Å². The number of carbonyl (C=O) groups excluding carboxylic acids is 1. The van der Waals surface area contributed by atoms with Crippen molar-refractivity contribution in [2.24, 2.45) is 5.92 Å². The minimum atomic E-state index is -1.12. The van der Waals surface area contributed by atoms with Crippen LogP contribution < -0.4 is 25.2 Å². The highest BCUT2D eigenvalue weighted by molar-refractivity contribution is 5.98. The van der Waals surface area contributed by atoms with E-state index in [4.69, 9.17) is 9.47 Å². The molecule has 168 valence electrons. The zero-order valence-corrected chi connectivity index (χ0v) is 18.6. The van der Waals surface area contributed by atoms with Crippen LogP contribution in [0.15, 0.2) is 23.0 Å². The molecule has 0 bridgehead atoms. The van der Waals surface area contributed by atoms with Crippen LogP contribution in [0, 0.1) is 17.2 Å². The van der Waals surface area contributed by atoms with Crippen molar-refractivity contribution >= 4 is 17.7 Å². The lowest BCUT2D eigenvalue weighted by Crippen LogP contribution is -2.46. The second kappa shape index (κ2) is 8.54. The topological polar surface area (TPSA) is 120 Å². The number of hydrogen-bond acceptors (Lipinski definition) is 7. The fourth-order valence-corrected chi connectivity index (χ4v) is 4.88. The molecule has 1 aromatic carbocycles. The van der Waals surface area contributed by atoms with E-state index < -0.39 is 17.7 Å². The second-order valence-corrected chi connectivity index (χ2v) is 8.37. The number of H-pyrrole nitrogens is 1. The third-order valence-corrected chi connectivity index (χ3v) is 6.46. The summed E-state index contributed by atoms with van der Waals surface area (Å²) in [6.07, 6.45) is 3.11. The van der Waals surface area contributed by atoms with E-state index in [0.717, 1.165) is 19.3 Å². The van der Waals surface area contributed by atoms with E-state index in [9.17, 15) is 14.9 Å². The van der Waals surface area contributed by atoms with Gasteiger partial charge in [0.25, 0.3) is 5.56 Å². The molecule has 4 rings (SSSR count). The molecule has 1 aromatic heterocycles. The summed E-state index contributed by atoms with van der Waals surface area (Å²) >= 11 is 0. The standard InChI is InChI=1S/C23H27N5O4/c1-12-6-5-7-13(2)28(12)23-26-20-19(22(30)27-23)18(16(11-24)21(29)25-20)15-10-14(31-3)8-9-17(15)32-4/h8-10,12-13,16,18H,5-7H2,1-4H3,(H2,25,26,27,29,30). The number of nitrogens with zero attached hydrogens (tertiary/aromatic N) is 3. The van der Waals surface area contributed by atoms with Gasteiger partial charge in [-0.15, -0.1) is 0 Å². The SMILES string of the molecule is COc1ccc(OC)c(C2c3c(nc(N4C(C)CCCC4C)[nH]c3=O)NC(=O)C2C#N)c1. The van der Waals surface area contributed by atoms with Crippen molar-refractivity contribution in [1.82, 2.24) is 9.97 Å². The normalized spacial score (nSPS) is 24.8. The molecule has 2 aliphatic heterocycles. The molecule has 9 nitrogen and oxygen atoms in total. The highest BCUT2D eigenvalue weighted by Crippen LogP contribution is 2.43. The molecule has 0 radical (unpaired) electrons. The summed E-state index contributed by atoms with van der Waals surface area (Å²) in [6, 6.07) is 7.58. The Bertz CT molecular complexity index is 1130. The van der Waals surface area contributed by atoms with Crippen LogP contribution in [0.1, 0.15) is 50.2 Å². The molecule has 2 N–H and O–H groups in total. The van der Waals surface area contributed by atoms with Gasteiger partial charge in [0.05, 0.1) is 25.9 Å². The van der Waals surface area contributed by atoms with Crippen LogP contribution in [0.25, 0.3) is 0 Å². The first-order valence-electron chi connectivity index (χ1n) is 10.7. The first kappa shape index (κ1) is 21.7. The Hall–Kier alpha value is -3.54. The summed E-state index contributed by atoms with van der Waals surface area (Å²) in [4.78, 5) is 35.9. The number of anilines is 2. The summed E-state index contributed by atoms with van der Waals surface area (Å²) in [5, 5.41) is 12.5. The molecule has 1 saturated heterocycles. The summed E-state index contributed by atoms with van der Waals surface area (Å²) in [6.45, 7) is 4.20. The van der Waals surface area contributed by atoms with Crippen molar-refractivity contribution in [2.75, 3.05) is 24.4 Å². The molecule has 4 atom stereocenters. The maximum absolute atomic E-state index is 13.4. The van der Waals surface area contributed by atoms with Crippen molar-refractivity contribution in [3.63, 3.8) is 0 Å². The van der Waals surface area contributed by atoms with Gasteiger partial charge in [0.2, 0.25) is 11.9 Å². The number of nitriles is 1. The van der Waals surface area contributed by atoms with Gasteiger partial charge in [-0.05, 0) is 51.3 Å². The Kier molecular flexibility index (Phi) is 5.78. The van der Waals surface area contributed by atoms with Gasteiger partial charge in [-0.2, -0.15) is 10.2 Å². The van der Waals surface area contributed by atoms with Gasteiger partial charge < -0.3 is 19.7 Å². The molecule has 0 spiro atoms. The van der Waals surface area contributed by atoms with Gasteiger partial charge in [0.1, 0.15) is 23.2 Å². The number of aromatic nitrogens is 2. The number of carbonyl (C=O) groups is 1. The molecular weight excluding hydrogens is 410 g/mol. The van der Waals surface area contributed by atoms with E-state index in [2.05, 4.69) is 40.1 Å². The quantitative estimate of drug-likeness (QED) is 0.754. The monoisotopic (exact) mass is 437 g/mol. The minimum absolute atomic E-state index is 0.181. The molecular formula is C23H27N5O4. The molecule has 0 aliphatic carbocycles. The van der Waals surface area contributed by atoms with E-state index in [1.54, 1.807) is 18.2 Å².